The Labute approximate surface area is 75.7 Å². The number of hydrogen-bond acceptors (Lipinski definition) is 2. The van der Waals surface area contributed by atoms with Gasteiger partial charge in [-0.25, -0.2) is 0 Å². The first-order valence-electron chi connectivity index (χ1n) is 5.18. The summed E-state index contributed by atoms with van der Waals surface area (Å²) in [6.45, 7) is 6.69. The first kappa shape index (κ1) is 10.0. The van der Waals surface area contributed by atoms with Crippen LogP contribution < -0.4 is 5.32 Å². The van der Waals surface area contributed by atoms with Crippen LogP contribution in [-0.2, 0) is 4.74 Å². The molecule has 0 amide bonds. The first-order valence-corrected chi connectivity index (χ1v) is 5.18. The lowest BCUT2D eigenvalue weighted by molar-refractivity contribution is 0.188. The minimum absolute atomic E-state index is 0.824. The summed E-state index contributed by atoms with van der Waals surface area (Å²) in [5.74, 6) is 0.824. The van der Waals surface area contributed by atoms with Crippen molar-refractivity contribution < 1.29 is 4.74 Å². The summed E-state index contributed by atoms with van der Waals surface area (Å²) < 4.78 is 5.06. The normalized spacial score (nSPS) is 29.2. The quantitative estimate of drug-likeness (QED) is 0.600. The van der Waals surface area contributed by atoms with Gasteiger partial charge in [0, 0.05) is 13.2 Å². The Bertz CT molecular complexity index is 84.5. The molecule has 2 aliphatic rings. The summed E-state index contributed by atoms with van der Waals surface area (Å²) in [5, 5.41) is 3.28. The Hall–Kier alpha value is -0.0800. The molecule has 0 aromatic heterocycles. The molecule has 0 saturated carbocycles. The van der Waals surface area contributed by atoms with E-state index in [0.29, 0.717) is 0 Å². The van der Waals surface area contributed by atoms with Crippen molar-refractivity contribution in [2.75, 3.05) is 26.3 Å². The summed E-state index contributed by atoms with van der Waals surface area (Å²) in [6.07, 6.45) is 5.48. The molecule has 2 nitrogen and oxygen atoms in total. The largest absolute Gasteiger partial charge is 0.381 e. The van der Waals surface area contributed by atoms with Gasteiger partial charge in [0.15, 0.2) is 0 Å². The molecule has 1 atom stereocenters. The molecule has 0 spiro atoms. The molecule has 0 radical (unpaired) electrons. The van der Waals surface area contributed by atoms with Crippen LogP contribution in [0.4, 0.5) is 0 Å². The van der Waals surface area contributed by atoms with Crippen LogP contribution in [0.25, 0.3) is 0 Å². The average molecular weight is 171 g/mol. The van der Waals surface area contributed by atoms with Crippen molar-refractivity contribution in [3.63, 3.8) is 0 Å². The molecule has 2 heterocycles. The minimum atomic E-state index is 0.824. The standard InChI is InChI=1S/C5H11N.C5H10O/c1-2-4-6-5-3-1;1-5-2-3-6-4-5/h6H,1-5H2;5H,2-4H2,1H3. The van der Waals surface area contributed by atoms with Crippen LogP contribution in [0.2, 0.25) is 0 Å². The molecular weight excluding hydrogens is 150 g/mol. The van der Waals surface area contributed by atoms with E-state index in [1.807, 2.05) is 0 Å². The van der Waals surface area contributed by atoms with Crippen molar-refractivity contribution in [2.45, 2.75) is 32.6 Å². The zero-order valence-electron chi connectivity index (χ0n) is 8.14. The third-order valence-corrected chi connectivity index (χ3v) is 2.36. The molecule has 2 heteroatoms. The van der Waals surface area contributed by atoms with Crippen LogP contribution in [0.1, 0.15) is 32.6 Å². The van der Waals surface area contributed by atoms with Gasteiger partial charge in [0.1, 0.15) is 0 Å². The lowest BCUT2D eigenvalue weighted by atomic mass is 10.2. The molecular formula is C10H21NO. The maximum atomic E-state index is 5.06. The number of rotatable bonds is 0. The Morgan fingerprint density at radius 2 is 1.92 bits per heavy atom. The summed E-state index contributed by atoms with van der Waals surface area (Å²) >= 11 is 0. The molecule has 2 aliphatic heterocycles. The Morgan fingerprint density at radius 1 is 1.17 bits per heavy atom. The van der Waals surface area contributed by atoms with E-state index in [1.165, 1.54) is 38.8 Å². The van der Waals surface area contributed by atoms with E-state index >= 15 is 0 Å². The zero-order valence-corrected chi connectivity index (χ0v) is 8.14. The topological polar surface area (TPSA) is 21.3 Å². The molecule has 1 unspecified atom stereocenters. The van der Waals surface area contributed by atoms with Gasteiger partial charge in [-0.3, -0.25) is 0 Å². The van der Waals surface area contributed by atoms with Crippen molar-refractivity contribution in [3.8, 4) is 0 Å². The number of hydrogen-bond donors (Lipinski definition) is 1. The highest BCUT2D eigenvalue weighted by Gasteiger charge is 2.07. The van der Waals surface area contributed by atoms with E-state index in [0.717, 1.165) is 19.1 Å². The lowest BCUT2D eigenvalue weighted by Crippen LogP contribution is -2.21. The maximum absolute atomic E-state index is 5.06. The van der Waals surface area contributed by atoms with Gasteiger partial charge in [0.25, 0.3) is 0 Å². The van der Waals surface area contributed by atoms with Gasteiger partial charge < -0.3 is 10.1 Å². The van der Waals surface area contributed by atoms with E-state index in [1.54, 1.807) is 0 Å². The number of nitrogens with one attached hydrogen (secondary N) is 1. The van der Waals surface area contributed by atoms with E-state index in [9.17, 15) is 0 Å². The van der Waals surface area contributed by atoms with Crippen molar-refractivity contribution in [3.05, 3.63) is 0 Å². The van der Waals surface area contributed by atoms with E-state index in [2.05, 4.69) is 12.2 Å². The fourth-order valence-electron chi connectivity index (χ4n) is 1.45. The predicted molar refractivity (Wildman–Crippen MR) is 51.3 cm³/mol. The number of piperidine rings is 1. The van der Waals surface area contributed by atoms with E-state index < -0.39 is 0 Å². The second-order valence-electron chi connectivity index (χ2n) is 3.78. The summed E-state index contributed by atoms with van der Waals surface area (Å²) in [6, 6.07) is 0. The van der Waals surface area contributed by atoms with Crippen LogP contribution >= 0.6 is 0 Å². The molecule has 0 aliphatic carbocycles. The summed E-state index contributed by atoms with van der Waals surface area (Å²) in [4.78, 5) is 0. The summed E-state index contributed by atoms with van der Waals surface area (Å²) in [7, 11) is 0. The van der Waals surface area contributed by atoms with Crippen molar-refractivity contribution in [1.82, 2.24) is 5.32 Å². The SMILES string of the molecule is C1CCNCC1.CC1CCOC1. The minimum Gasteiger partial charge on any atom is -0.381 e. The highest BCUT2D eigenvalue weighted by atomic mass is 16.5. The molecule has 2 fully saturated rings. The van der Waals surface area contributed by atoms with Gasteiger partial charge in [-0.2, -0.15) is 0 Å². The van der Waals surface area contributed by atoms with Crippen LogP contribution in [0.3, 0.4) is 0 Å². The van der Waals surface area contributed by atoms with Crippen LogP contribution in [-0.4, -0.2) is 26.3 Å². The second kappa shape index (κ2) is 6.44. The molecule has 0 bridgehead atoms. The third kappa shape index (κ3) is 4.73. The molecule has 12 heavy (non-hydrogen) atoms. The van der Waals surface area contributed by atoms with Crippen LogP contribution in [0, 0.1) is 5.92 Å². The summed E-state index contributed by atoms with van der Waals surface area (Å²) in [5.41, 5.74) is 0. The highest BCUT2D eigenvalue weighted by molar-refractivity contribution is 4.56. The van der Waals surface area contributed by atoms with Crippen LogP contribution in [0.15, 0.2) is 0 Å². The first-order chi connectivity index (χ1) is 5.89. The lowest BCUT2D eigenvalue weighted by Gasteiger charge is -2.08. The molecule has 2 saturated heterocycles. The zero-order chi connectivity index (χ0) is 8.65. The average Bonchev–Trinajstić information content (AvgIpc) is 2.60. The van der Waals surface area contributed by atoms with Gasteiger partial charge in [-0.15, -0.1) is 0 Å². The van der Waals surface area contributed by atoms with Gasteiger partial charge in [-0.1, -0.05) is 13.3 Å². The van der Waals surface area contributed by atoms with Crippen LogP contribution in [0.5, 0.6) is 0 Å². The van der Waals surface area contributed by atoms with Crippen molar-refractivity contribution in [2.24, 2.45) is 5.92 Å². The molecule has 0 aromatic rings. The highest BCUT2D eigenvalue weighted by Crippen LogP contribution is 2.09. The third-order valence-electron chi connectivity index (χ3n) is 2.36. The van der Waals surface area contributed by atoms with Gasteiger partial charge in [-0.05, 0) is 38.3 Å². The Kier molecular flexibility index (Phi) is 5.37. The molecule has 72 valence electrons. The van der Waals surface area contributed by atoms with E-state index in [-0.39, 0.29) is 0 Å². The fourth-order valence-corrected chi connectivity index (χ4v) is 1.45. The van der Waals surface area contributed by atoms with Crippen molar-refractivity contribution >= 4 is 0 Å². The maximum Gasteiger partial charge on any atom is 0.0492 e. The smallest absolute Gasteiger partial charge is 0.0492 e. The fraction of sp³-hybridized carbons (Fsp3) is 1.00. The predicted octanol–water partition coefficient (Wildman–Crippen LogP) is 1.80. The molecule has 2 rings (SSSR count). The number of ether oxygens (including phenoxy) is 1. The molecule has 1 N–H and O–H groups in total. The van der Waals surface area contributed by atoms with Crippen molar-refractivity contribution in [1.29, 1.82) is 0 Å². The molecule has 0 aromatic carbocycles. The van der Waals surface area contributed by atoms with Gasteiger partial charge in [0.2, 0.25) is 0 Å². The Morgan fingerprint density at radius 3 is 2.08 bits per heavy atom. The van der Waals surface area contributed by atoms with Gasteiger partial charge >= 0.3 is 0 Å². The van der Waals surface area contributed by atoms with Gasteiger partial charge in [0.05, 0.1) is 0 Å². The Balaban J connectivity index is 0.000000120. The van der Waals surface area contributed by atoms with E-state index in [4.69, 9.17) is 4.74 Å². The second-order valence-corrected chi connectivity index (χ2v) is 3.78. The monoisotopic (exact) mass is 171 g/mol.